The average Bonchev–Trinajstić information content (AvgIpc) is 3.08. The molecule has 4 rings (SSSR count). The van der Waals surface area contributed by atoms with Crippen molar-refractivity contribution < 1.29 is 0 Å². The number of rotatable bonds is 4. The molecule has 4 heterocycles. The van der Waals surface area contributed by atoms with Crippen LogP contribution in [0.15, 0.2) is 0 Å². The van der Waals surface area contributed by atoms with E-state index in [-0.39, 0.29) is 0 Å². The van der Waals surface area contributed by atoms with E-state index in [2.05, 4.69) is 22.0 Å². The zero-order valence-corrected chi connectivity index (χ0v) is 13.8. The lowest BCUT2D eigenvalue weighted by Crippen LogP contribution is -2.55. The molecular formula is C18H33N3. The number of piperidine rings is 2. The zero-order valence-electron chi connectivity index (χ0n) is 13.8. The van der Waals surface area contributed by atoms with Gasteiger partial charge in [-0.15, -0.1) is 0 Å². The van der Waals surface area contributed by atoms with Gasteiger partial charge in [0.05, 0.1) is 0 Å². The summed E-state index contributed by atoms with van der Waals surface area (Å²) < 4.78 is 0. The molecule has 3 heteroatoms. The van der Waals surface area contributed by atoms with E-state index in [1.807, 2.05) is 0 Å². The fourth-order valence-corrected chi connectivity index (χ4v) is 5.78. The van der Waals surface area contributed by atoms with Crippen LogP contribution in [0.1, 0.15) is 64.7 Å². The molecule has 0 aromatic heterocycles. The van der Waals surface area contributed by atoms with Gasteiger partial charge in [0.15, 0.2) is 0 Å². The standard InChI is InChI=1S/C18H33N3/c1-2-9-21(16-12-14-6-7-15(13-16)19-14)18-8-11-20-10-4-3-5-17(18)20/h14-19H,2-13H2,1H3. The van der Waals surface area contributed by atoms with Crippen LogP contribution in [0.5, 0.6) is 0 Å². The first-order chi connectivity index (χ1) is 10.3. The molecule has 4 saturated heterocycles. The van der Waals surface area contributed by atoms with E-state index < -0.39 is 0 Å². The summed E-state index contributed by atoms with van der Waals surface area (Å²) in [5.74, 6) is 0. The molecule has 0 radical (unpaired) electrons. The molecule has 4 fully saturated rings. The first-order valence-electron chi connectivity index (χ1n) is 9.61. The van der Waals surface area contributed by atoms with Crippen molar-refractivity contribution in [1.82, 2.24) is 15.1 Å². The van der Waals surface area contributed by atoms with Crippen LogP contribution in [-0.4, -0.2) is 59.6 Å². The quantitative estimate of drug-likeness (QED) is 0.859. The molecule has 0 saturated carbocycles. The number of hydrogen-bond donors (Lipinski definition) is 1. The predicted octanol–water partition coefficient (Wildman–Crippen LogP) is 2.61. The Hall–Kier alpha value is -0.120. The fourth-order valence-electron chi connectivity index (χ4n) is 5.78. The van der Waals surface area contributed by atoms with Gasteiger partial charge in [-0.05, 0) is 64.5 Å². The third-order valence-electron chi connectivity index (χ3n) is 6.65. The molecule has 0 aromatic rings. The Morgan fingerprint density at radius 2 is 1.81 bits per heavy atom. The summed E-state index contributed by atoms with van der Waals surface area (Å²) in [5, 5.41) is 3.83. The second-order valence-corrected chi connectivity index (χ2v) is 7.96. The molecule has 0 amide bonds. The maximum absolute atomic E-state index is 3.83. The summed E-state index contributed by atoms with van der Waals surface area (Å²) in [6.07, 6.45) is 12.8. The van der Waals surface area contributed by atoms with E-state index in [1.54, 1.807) is 0 Å². The fraction of sp³-hybridized carbons (Fsp3) is 1.00. The number of nitrogens with one attached hydrogen (secondary N) is 1. The van der Waals surface area contributed by atoms with Crippen molar-refractivity contribution in [3.05, 3.63) is 0 Å². The summed E-state index contributed by atoms with van der Waals surface area (Å²) in [6.45, 7) is 6.45. The van der Waals surface area contributed by atoms with Crippen LogP contribution in [-0.2, 0) is 0 Å². The molecule has 120 valence electrons. The SMILES string of the molecule is CCCN(C1CC2CCC(C1)N2)C1CCN2CCCCC12. The highest BCUT2D eigenvalue weighted by atomic mass is 15.3. The van der Waals surface area contributed by atoms with Gasteiger partial charge in [0.2, 0.25) is 0 Å². The van der Waals surface area contributed by atoms with Crippen molar-refractivity contribution in [2.45, 2.75) is 94.9 Å². The minimum absolute atomic E-state index is 0.831. The van der Waals surface area contributed by atoms with Crippen molar-refractivity contribution in [3.8, 4) is 0 Å². The smallest absolute Gasteiger partial charge is 0.0266 e. The van der Waals surface area contributed by atoms with Crippen LogP contribution in [0.2, 0.25) is 0 Å². The highest BCUT2D eigenvalue weighted by molar-refractivity contribution is 5.01. The molecule has 3 nitrogen and oxygen atoms in total. The second kappa shape index (κ2) is 6.17. The lowest BCUT2D eigenvalue weighted by molar-refractivity contribution is 0.0584. The van der Waals surface area contributed by atoms with E-state index >= 15 is 0 Å². The maximum Gasteiger partial charge on any atom is 0.0266 e. The summed E-state index contributed by atoms with van der Waals surface area (Å²) in [5.41, 5.74) is 0. The summed E-state index contributed by atoms with van der Waals surface area (Å²) >= 11 is 0. The number of nitrogens with zero attached hydrogens (tertiary/aromatic N) is 2. The Kier molecular flexibility index (Phi) is 4.25. The molecule has 21 heavy (non-hydrogen) atoms. The summed E-state index contributed by atoms with van der Waals surface area (Å²) in [4.78, 5) is 5.79. The average molecular weight is 291 g/mol. The van der Waals surface area contributed by atoms with Crippen LogP contribution >= 0.6 is 0 Å². The third kappa shape index (κ3) is 2.77. The maximum atomic E-state index is 3.83. The largest absolute Gasteiger partial charge is 0.311 e. The van der Waals surface area contributed by atoms with Gasteiger partial charge in [0, 0.05) is 36.8 Å². The molecule has 4 aliphatic heterocycles. The van der Waals surface area contributed by atoms with Gasteiger partial charge in [-0.1, -0.05) is 13.3 Å². The highest BCUT2D eigenvalue weighted by Crippen LogP contribution is 2.36. The van der Waals surface area contributed by atoms with Crippen molar-refractivity contribution in [3.63, 3.8) is 0 Å². The molecule has 4 unspecified atom stereocenters. The summed E-state index contributed by atoms with van der Waals surface area (Å²) in [7, 11) is 0. The second-order valence-electron chi connectivity index (χ2n) is 7.96. The van der Waals surface area contributed by atoms with Gasteiger partial charge < -0.3 is 5.32 Å². The van der Waals surface area contributed by atoms with Crippen LogP contribution in [0.4, 0.5) is 0 Å². The minimum Gasteiger partial charge on any atom is -0.311 e. The zero-order chi connectivity index (χ0) is 14.2. The Morgan fingerprint density at radius 1 is 1.00 bits per heavy atom. The Labute approximate surface area is 130 Å². The van der Waals surface area contributed by atoms with Gasteiger partial charge in [-0.2, -0.15) is 0 Å². The molecule has 2 bridgehead atoms. The first-order valence-corrected chi connectivity index (χ1v) is 9.61. The number of hydrogen-bond acceptors (Lipinski definition) is 3. The van der Waals surface area contributed by atoms with E-state index in [4.69, 9.17) is 0 Å². The van der Waals surface area contributed by atoms with E-state index in [1.165, 1.54) is 77.4 Å². The molecule has 0 aliphatic carbocycles. The molecule has 1 N–H and O–H groups in total. The minimum atomic E-state index is 0.831. The molecular weight excluding hydrogens is 258 g/mol. The monoisotopic (exact) mass is 291 g/mol. The molecule has 4 atom stereocenters. The van der Waals surface area contributed by atoms with Gasteiger partial charge in [0.25, 0.3) is 0 Å². The van der Waals surface area contributed by atoms with Gasteiger partial charge >= 0.3 is 0 Å². The first kappa shape index (κ1) is 14.5. The topological polar surface area (TPSA) is 18.5 Å². The predicted molar refractivity (Wildman–Crippen MR) is 87.6 cm³/mol. The van der Waals surface area contributed by atoms with Crippen molar-refractivity contribution >= 4 is 0 Å². The Morgan fingerprint density at radius 3 is 2.57 bits per heavy atom. The van der Waals surface area contributed by atoms with Crippen molar-refractivity contribution in [2.75, 3.05) is 19.6 Å². The van der Waals surface area contributed by atoms with Gasteiger partial charge in [-0.3, -0.25) is 9.80 Å². The summed E-state index contributed by atoms with van der Waals surface area (Å²) in [6, 6.07) is 4.29. The van der Waals surface area contributed by atoms with E-state index in [0.717, 1.165) is 30.2 Å². The van der Waals surface area contributed by atoms with Crippen LogP contribution in [0.3, 0.4) is 0 Å². The molecule has 0 aromatic carbocycles. The molecule has 4 aliphatic rings. The van der Waals surface area contributed by atoms with Crippen LogP contribution in [0.25, 0.3) is 0 Å². The van der Waals surface area contributed by atoms with Crippen LogP contribution in [0, 0.1) is 0 Å². The highest BCUT2D eigenvalue weighted by Gasteiger charge is 2.43. The lowest BCUT2D eigenvalue weighted by atomic mass is 9.92. The van der Waals surface area contributed by atoms with E-state index in [0.29, 0.717) is 0 Å². The van der Waals surface area contributed by atoms with Crippen molar-refractivity contribution in [2.24, 2.45) is 0 Å². The third-order valence-corrected chi connectivity index (χ3v) is 6.65. The van der Waals surface area contributed by atoms with Gasteiger partial charge in [-0.25, -0.2) is 0 Å². The number of fused-ring (bicyclic) bond motifs is 3. The van der Waals surface area contributed by atoms with Gasteiger partial charge in [0.1, 0.15) is 0 Å². The van der Waals surface area contributed by atoms with Crippen molar-refractivity contribution in [1.29, 1.82) is 0 Å². The van der Waals surface area contributed by atoms with Crippen LogP contribution < -0.4 is 5.32 Å². The lowest BCUT2D eigenvalue weighted by Gasteiger charge is -2.44. The Bertz CT molecular complexity index is 346. The molecule has 0 spiro atoms. The Balaban J connectivity index is 1.48. The van der Waals surface area contributed by atoms with E-state index in [9.17, 15) is 0 Å². The normalized spacial score (nSPS) is 43.4.